The first-order valence-electron chi connectivity index (χ1n) is 10.6. The molecule has 0 aromatic carbocycles. The number of nitrogen functional groups attached to an aromatic ring is 1. The summed E-state index contributed by atoms with van der Waals surface area (Å²) in [4.78, 5) is 1.61. The second kappa shape index (κ2) is 13.8. The molecule has 0 saturated carbocycles. The third kappa shape index (κ3) is 8.55. The number of hydrogen-bond donors (Lipinski definition) is 1. The summed E-state index contributed by atoms with van der Waals surface area (Å²) in [7, 11) is 0. The van der Waals surface area contributed by atoms with Crippen molar-refractivity contribution in [2.24, 2.45) is 0 Å². The molecule has 0 aliphatic heterocycles. The minimum atomic E-state index is 0.740. The maximum Gasteiger partial charge on any atom is 0.0862 e. The molecule has 1 heterocycles. The van der Waals surface area contributed by atoms with Crippen molar-refractivity contribution in [1.82, 2.24) is 0 Å². The first-order chi connectivity index (χ1) is 11.7. The van der Waals surface area contributed by atoms with E-state index in [4.69, 9.17) is 5.73 Å². The van der Waals surface area contributed by atoms with Gasteiger partial charge >= 0.3 is 0 Å². The Balaban J connectivity index is 2.43. The summed E-state index contributed by atoms with van der Waals surface area (Å²) >= 11 is 1.87. The minimum absolute atomic E-state index is 0.740. The first kappa shape index (κ1) is 21.5. The largest absolute Gasteiger partial charge is 0.391 e. The SMILES string of the molecule is CCCCCCCCc1cc(N)sc1C(CC)CCCCCCC. The standard InChI is InChI=1S/C22H41NS/c1-4-7-9-11-13-15-17-20-18-21(23)24-22(20)19(6-3)16-14-12-10-8-5-2/h18-19H,4-17,23H2,1-3H3. The van der Waals surface area contributed by atoms with E-state index in [0.29, 0.717) is 0 Å². The topological polar surface area (TPSA) is 26.0 Å². The minimum Gasteiger partial charge on any atom is -0.391 e. The van der Waals surface area contributed by atoms with Crippen molar-refractivity contribution in [2.45, 2.75) is 117 Å². The molecular formula is C22H41NS. The van der Waals surface area contributed by atoms with Crippen LogP contribution in [0.2, 0.25) is 0 Å². The van der Waals surface area contributed by atoms with Crippen molar-refractivity contribution in [3.63, 3.8) is 0 Å². The van der Waals surface area contributed by atoms with Crippen molar-refractivity contribution >= 4 is 16.3 Å². The van der Waals surface area contributed by atoms with Crippen molar-refractivity contribution in [3.05, 3.63) is 16.5 Å². The van der Waals surface area contributed by atoms with Crippen LogP contribution in [0.1, 0.15) is 121 Å². The normalized spacial score (nSPS) is 12.6. The van der Waals surface area contributed by atoms with Crippen molar-refractivity contribution in [2.75, 3.05) is 5.73 Å². The Morgan fingerprint density at radius 1 is 0.833 bits per heavy atom. The molecule has 24 heavy (non-hydrogen) atoms. The fraction of sp³-hybridized carbons (Fsp3) is 0.818. The first-order valence-corrected chi connectivity index (χ1v) is 11.4. The highest BCUT2D eigenvalue weighted by atomic mass is 32.1. The van der Waals surface area contributed by atoms with Crippen molar-refractivity contribution in [3.8, 4) is 0 Å². The molecule has 0 saturated heterocycles. The van der Waals surface area contributed by atoms with E-state index in [-0.39, 0.29) is 0 Å². The lowest BCUT2D eigenvalue weighted by molar-refractivity contribution is 0.536. The van der Waals surface area contributed by atoms with Crippen LogP contribution >= 0.6 is 11.3 Å². The molecule has 140 valence electrons. The summed E-state index contributed by atoms with van der Waals surface area (Å²) in [5.41, 5.74) is 7.72. The van der Waals surface area contributed by atoms with Gasteiger partial charge in [-0.2, -0.15) is 0 Å². The molecule has 0 fully saturated rings. The lowest BCUT2D eigenvalue weighted by atomic mass is 9.92. The second-order valence-electron chi connectivity index (χ2n) is 7.36. The van der Waals surface area contributed by atoms with Gasteiger partial charge in [0.15, 0.2) is 0 Å². The fourth-order valence-electron chi connectivity index (χ4n) is 3.62. The van der Waals surface area contributed by atoms with E-state index in [1.165, 1.54) is 89.9 Å². The van der Waals surface area contributed by atoms with Crippen molar-refractivity contribution in [1.29, 1.82) is 0 Å². The Kier molecular flexibility index (Phi) is 12.3. The Bertz CT molecular complexity index is 410. The summed E-state index contributed by atoms with van der Waals surface area (Å²) in [6.07, 6.45) is 19.0. The Morgan fingerprint density at radius 2 is 1.42 bits per heavy atom. The molecule has 1 rings (SSSR count). The molecule has 0 bridgehead atoms. The molecule has 2 heteroatoms. The van der Waals surface area contributed by atoms with Crippen LogP contribution in [-0.4, -0.2) is 0 Å². The zero-order chi connectivity index (χ0) is 17.6. The highest BCUT2D eigenvalue weighted by molar-refractivity contribution is 7.16. The lowest BCUT2D eigenvalue weighted by Crippen LogP contribution is -1.99. The number of unbranched alkanes of at least 4 members (excludes halogenated alkanes) is 9. The number of aryl methyl sites for hydroxylation is 1. The molecule has 1 unspecified atom stereocenters. The Labute approximate surface area is 155 Å². The highest BCUT2D eigenvalue weighted by Crippen LogP contribution is 2.37. The van der Waals surface area contributed by atoms with Crippen LogP contribution in [0.4, 0.5) is 5.00 Å². The lowest BCUT2D eigenvalue weighted by Gasteiger charge is -2.15. The number of rotatable bonds is 15. The average molecular weight is 352 g/mol. The van der Waals surface area contributed by atoms with Gasteiger partial charge in [0.25, 0.3) is 0 Å². The molecule has 0 spiro atoms. The van der Waals surface area contributed by atoms with Gasteiger partial charge in [-0.1, -0.05) is 85.0 Å². The van der Waals surface area contributed by atoms with Crippen LogP contribution in [0.25, 0.3) is 0 Å². The Hall–Kier alpha value is -0.500. The number of thiophene rings is 1. The van der Waals surface area contributed by atoms with Crippen LogP contribution in [0.5, 0.6) is 0 Å². The van der Waals surface area contributed by atoms with E-state index in [0.717, 1.165) is 10.9 Å². The zero-order valence-electron chi connectivity index (χ0n) is 16.5. The molecule has 0 radical (unpaired) electrons. The van der Waals surface area contributed by atoms with Crippen LogP contribution in [0.3, 0.4) is 0 Å². The van der Waals surface area contributed by atoms with Crippen LogP contribution in [0.15, 0.2) is 6.07 Å². The van der Waals surface area contributed by atoms with E-state index in [1.54, 1.807) is 10.4 Å². The number of hydrogen-bond acceptors (Lipinski definition) is 2. The van der Waals surface area contributed by atoms with Gasteiger partial charge in [0, 0.05) is 4.88 Å². The summed E-state index contributed by atoms with van der Waals surface area (Å²) in [6.45, 7) is 6.92. The van der Waals surface area contributed by atoms with E-state index in [1.807, 2.05) is 11.3 Å². The summed E-state index contributed by atoms with van der Waals surface area (Å²) in [5, 5.41) is 1.02. The Morgan fingerprint density at radius 3 is 2.04 bits per heavy atom. The zero-order valence-corrected chi connectivity index (χ0v) is 17.4. The predicted octanol–water partition coefficient (Wildman–Crippen LogP) is 8.09. The molecule has 1 nitrogen and oxygen atoms in total. The number of nitrogens with two attached hydrogens (primary N) is 1. The molecule has 1 aromatic rings. The van der Waals surface area contributed by atoms with E-state index >= 15 is 0 Å². The number of anilines is 1. The fourth-order valence-corrected chi connectivity index (χ4v) is 4.81. The quantitative estimate of drug-likeness (QED) is 0.317. The average Bonchev–Trinajstić information content (AvgIpc) is 2.95. The summed E-state index contributed by atoms with van der Waals surface area (Å²) in [6, 6.07) is 2.27. The van der Waals surface area contributed by atoms with Gasteiger partial charge in [0.2, 0.25) is 0 Å². The molecule has 2 N–H and O–H groups in total. The maximum atomic E-state index is 6.15. The molecule has 1 atom stereocenters. The molecule has 1 aromatic heterocycles. The van der Waals surface area contributed by atoms with Gasteiger partial charge in [-0.25, -0.2) is 0 Å². The molecule has 0 aliphatic rings. The van der Waals surface area contributed by atoms with Gasteiger partial charge in [-0.3, -0.25) is 0 Å². The van der Waals surface area contributed by atoms with Gasteiger partial charge in [-0.15, -0.1) is 11.3 Å². The van der Waals surface area contributed by atoms with Crippen LogP contribution < -0.4 is 5.73 Å². The molecule has 0 amide bonds. The van der Waals surface area contributed by atoms with Gasteiger partial charge < -0.3 is 5.73 Å². The highest BCUT2D eigenvalue weighted by Gasteiger charge is 2.16. The van der Waals surface area contributed by atoms with E-state index in [2.05, 4.69) is 26.8 Å². The summed E-state index contributed by atoms with van der Waals surface area (Å²) < 4.78 is 0. The predicted molar refractivity (Wildman–Crippen MR) is 112 cm³/mol. The monoisotopic (exact) mass is 351 g/mol. The molecular weight excluding hydrogens is 310 g/mol. The van der Waals surface area contributed by atoms with Crippen molar-refractivity contribution < 1.29 is 0 Å². The molecule has 0 aliphatic carbocycles. The van der Waals surface area contributed by atoms with Crippen LogP contribution in [-0.2, 0) is 6.42 Å². The second-order valence-corrected chi connectivity index (χ2v) is 8.48. The van der Waals surface area contributed by atoms with Crippen LogP contribution in [0, 0.1) is 0 Å². The van der Waals surface area contributed by atoms with Gasteiger partial charge in [0.1, 0.15) is 0 Å². The third-order valence-electron chi connectivity index (χ3n) is 5.18. The van der Waals surface area contributed by atoms with Gasteiger partial charge in [-0.05, 0) is 43.2 Å². The van der Waals surface area contributed by atoms with E-state index < -0.39 is 0 Å². The maximum absolute atomic E-state index is 6.15. The van der Waals surface area contributed by atoms with Gasteiger partial charge in [0.05, 0.1) is 5.00 Å². The smallest absolute Gasteiger partial charge is 0.0862 e. The summed E-state index contributed by atoms with van der Waals surface area (Å²) in [5.74, 6) is 0.740. The third-order valence-corrected chi connectivity index (χ3v) is 6.35. The van der Waals surface area contributed by atoms with E-state index in [9.17, 15) is 0 Å².